The number of hydrogen-bond donors (Lipinski definition) is 2. The number of likely N-dealkylation sites (N-methyl/N-ethyl adjacent to an activating group) is 1. The standard InChI is InChI=1S/C31H41N10OPS/c1-38-15-17-41(18-16-38)21-9-13-40(14-10-21)22-5-6-23(26(19-22)42-3)36-31-34-20-27(43)30(37-31)35-25-8-7-24-28(33-12-11-32-24)29(25)39(2)44-4/h5-8,11-12,19-21H,9-10,13-18,43H2,1-4H3,(H2,34,35,36,37). The van der Waals surface area contributed by atoms with E-state index in [1.807, 2.05) is 25.4 Å². The maximum atomic E-state index is 5.82. The number of fused-ring (bicyclic) bond motifs is 1. The minimum atomic E-state index is 0.470. The number of hydrogen-bond acceptors (Lipinski definition) is 12. The fourth-order valence-corrected chi connectivity index (χ4v) is 6.57. The molecule has 1 atom stereocenters. The Morgan fingerprint density at radius 2 is 1.70 bits per heavy atom. The van der Waals surface area contributed by atoms with Crippen LogP contribution in [0.15, 0.2) is 48.9 Å². The molecule has 4 heterocycles. The maximum absolute atomic E-state index is 5.82. The van der Waals surface area contributed by atoms with Crippen molar-refractivity contribution in [3.8, 4) is 5.75 Å². The van der Waals surface area contributed by atoms with Gasteiger partial charge in [0.15, 0.2) is 0 Å². The van der Waals surface area contributed by atoms with Crippen LogP contribution in [-0.4, -0.2) is 103 Å². The van der Waals surface area contributed by atoms with Gasteiger partial charge < -0.3 is 29.5 Å². The van der Waals surface area contributed by atoms with Gasteiger partial charge in [0.1, 0.15) is 17.1 Å². The number of aromatic nitrogens is 4. The molecule has 0 saturated carbocycles. The zero-order valence-electron chi connectivity index (χ0n) is 25.8. The van der Waals surface area contributed by atoms with Crippen LogP contribution in [0.3, 0.4) is 0 Å². The summed E-state index contributed by atoms with van der Waals surface area (Å²) in [7, 11) is 8.65. The third-order valence-corrected chi connectivity index (χ3v) is 9.74. The zero-order valence-corrected chi connectivity index (χ0v) is 27.8. The third kappa shape index (κ3) is 6.63. The Labute approximate surface area is 266 Å². The summed E-state index contributed by atoms with van der Waals surface area (Å²) in [5.41, 5.74) is 5.46. The van der Waals surface area contributed by atoms with Crippen LogP contribution in [0.1, 0.15) is 12.8 Å². The molecule has 2 saturated heterocycles. The molecule has 0 spiro atoms. The molecule has 0 aliphatic carbocycles. The first-order chi connectivity index (χ1) is 21.4. The van der Waals surface area contributed by atoms with Crippen molar-refractivity contribution in [3.63, 3.8) is 0 Å². The van der Waals surface area contributed by atoms with Gasteiger partial charge in [-0.05, 0) is 44.2 Å². The Bertz CT molecular complexity index is 1590. The summed E-state index contributed by atoms with van der Waals surface area (Å²) >= 11 is 1.60. The summed E-state index contributed by atoms with van der Waals surface area (Å²) < 4.78 is 7.90. The van der Waals surface area contributed by atoms with E-state index < -0.39 is 0 Å². The predicted octanol–water partition coefficient (Wildman–Crippen LogP) is 4.35. The van der Waals surface area contributed by atoms with Gasteiger partial charge in [0.2, 0.25) is 5.95 Å². The van der Waals surface area contributed by atoms with Crippen LogP contribution in [0.25, 0.3) is 11.0 Å². The predicted molar refractivity (Wildman–Crippen MR) is 187 cm³/mol. The lowest BCUT2D eigenvalue weighted by Gasteiger charge is -2.42. The third-order valence-electron chi connectivity index (χ3n) is 8.59. The molecule has 0 radical (unpaired) electrons. The quantitative estimate of drug-likeness (QED) is 0.203. The SMILES string of the molecule is COc1cc(N2CCC(N3CCN(C)CC3)CC2)ccc1Nc1ncc(P)c(Nc2ccc3nccnc3c2N(C)SC)n1. The van der Waals surface area contributed by atoms with Crippen LogP contribution in [0.5, 0.6) is 5.75 Å². The summed E-state index contributed by atoms with van der Waals surface area (Å²) in [4.78, 5) is 26.0. The van der Waals surface area contributed by atoms with Crippen molar-refractivity contribution >= 4 is 72.0 Å². The van der Waals surface area contributed by atoms with Gasteiger partial charge in [-0.1, -0.05) is 21.2 Å². The van der Waals surface area contributed by atoms with Crippen molar-refractivity contribution in [1.82, 2.24) is 29.7 Å². The van der Waals surface area contributed by atoms with E-state index >= 15 is 0 Å². The molecule has 13 heteroatoms. The lowest BCUT2D eigenvalue weighted by atomic mass is 10.0. The number of ether oxygens (including phenoxy) is 1. The van der Waals surface area contributed by atoms with Gasteiger partial charge in [0.25, 0.3) is 0 Å². The molecule has 2 aliphatic rings. The van der Waals surface area contributed by atoms with Gasteiger partial charge in [-0.2, -0.15) is 4.98 Å². The first-order valence-corrected chi connectivity index (χ1v) is 16.7. The summed E-state index contributed by atoms with van der Waals surface area (Å²) in [6.45, 7) is 6.80. The van der Waals surface area contributed by atoms with Gasteiger partial charge in [-0.25, -0.2) is 4.98 Å². The van der Waals surface area contributed by atoms with E-state index in [2.05, 4.69) is 79.1 Å². The molecule has 1 unspecified atom stereocenters. The number of nitrogens with one attached hydrogen (secondary N) is 2. The topological polar surface area (TPSA) is 97.8 Å². The number of nitrogens with zero attached hydrogens (tertiary/aromatic N) is 8. The summed E-state index contributed by atoms with van der Waals surface area (Å²) in [6.07, 6.45) is 9.62. The fraction of sp³-hybridized carbons (Fsp3) is 0.419. The molecule has 6 rings (SSSR count). The largest absolute Gasteiger partial charge is 0.494 e. The van der Waals surface area contributed by atoms with Crippen LogP contribution < -0.4 is 29.9 Å². The average Bonchev–Trinajstić information content (AvgIpc) is 3.06. The molecule has 2 aromatic heterocycles. The van der Waals surface area contributed by atoms with Crippen molar-refractivity contribution in [2.24, 2.45) is 0 Å². The molecule has 2 fully saturated rings. The summed E-state index contributed by atoms with van der Waals surface area (Å²) in [5, 5.41) is 7.72. The molecular weight excluding hydrogens is 591 g/mol. The average molecular weight is 633 g/mol. The van der Waals surface area contributed by atoms with Crippen LogP contribution >= 0.6 is 21.2 Å². The zero-order chi connectivity index (χ0) is 30.6. The number of methoxy groups -OCH3 is 1. The van der Waals surface area contributed by atoms with E-state index in [0.717, 1.165) is 52.2 Å². The van der Waals surface area contributed by atoms with Crippen molar-refractivity contribution in [2.45, 2.75) is 18.9 Å². The minimum Gasteiger partial charge on any atom is -0.494 e. The normalized spacial score (nSPS) is 16.7. The molecule has 4 aromatic rings. The van der Waals surface area contributed by atoms with Crippen LogP contribution in [0.4, 0.5) is 34.5 Å². The van der Waals surface area contributed by atoms with Gasteiger partial charge in [0.05, 0.1) is 29.7 Å². The molecular formula is C31H41N10OPS. The lowest BCUT2D eigenvalue weighted by molar-refractivity contribution is 0.0982. The van der Waals surface area contributed by atoms with Crippen LogP contribution in [-0.2, 0) is 0 Å². The minimum absolute atomic E-state index is 0.470. The second-order valence-electron chi connectivity index (χ2n) is 11.3. The van der Waals surface area contributed by atoms with E-state index in [0.29, 0.717) is 17.8 Å². The smallest absolute Gasteiger partial charge is 0.229 e. The van der Waals surface area contributed by atoms with Gasteiger partial charge >= 0.3 is 0 Å². The molecule has 2 N–H and O–H groups in total. The molecule has 232 valence electrons. The Morgan fingerprint density at radius 3 is 2.45 bits per heavy atom. The highest BCUT2D eigenvalue weighted by Gasteiger charge is 2.27. The Hall–Kier alpha value is -3.44. The second kappa shape index (κ2) is 13.7. The number of anilines is 6. The lowest BCUT2D eigenvalue weighted by Crippen LogP contribution is -2.52. The van der Waals surface area contributed by atoms with E-state index in [9.17, 15) is 0 Å². The van der Waals surface area contributed by atoms with Crippen molar-refractivity contribution in [3.05, 3.63) is 48.9 Å². The Kier molecular flexibility index (Phi) is 9.51. The van der Waals surface area contributed by atoms with E-state index in [1.165, 1.54) is 44.7 Å². The number of benzene rings is 2. The molecule has 0 amide bonds. The summed E-state index contributed by atoms with van der Waals surface area (Å²) in [6, 6.07) is 11.0. The first kappa shape index (κ1) is 30.6. The molecule has 0 bridgehead atoms. The monoisotopic (exact) mass is 632 g/mol. The number of rotatable bonds is 9. The number of piperidine rings is 1. The van der Waals surface area contributed by atoms with Crippen molar-refractivity contribution in [1.29, 1.82) is 0 Å². The first-order valence-electron chi connectivity index (χ1n) is 15.0. The van der Waals surface area contributed by atoms with Crippen molar-refractivity contribution < 1.29 is 4.74 Å². The van der Waals surface area contributed by atoms with Crippen molar-refractivity contribution in [2.75, 3.05) is 86.6 Å². The second-order valence-corrected chi connectivity index (χ2v) is 12.8. The fourth-order valence-electron chi connectivity index (χ4n) is 5.99. The van der Waals surface area contributed by atoms with E-state index in [-0.39, 0.29) is 0 Å². The van der Waals surface area contributed by atoms with E-state index in [1.54, 1.807) is 37.6 Å². The van der Waals surface area contributed by atoms with Crippen LogP contribution in [0, 0.1) is 0 Å². The molecule has 44 heavy (non-hydrogen) atoms. The van der Waals surface area contributed by atoms with Gasteiger partial charge in [-0.3, -0.25) is 14.9 Å². The molecule has 2 aliphatic heterocycles. The number of piperazine rings is 1. The van der Waals surface area contributed by atoms with E-state index in [4.69, 9.17) is 9.72 Å². The molecule has 11 nitrogen and oxygen atoms in total. The van der Waals surface area contributed by atoms with Gasteiger partial charge in [-0.15, -0.1) is 0 Å². The maximum Gasteiger partial charge on any atom is 0.229 e. The van der Waals surface area contributed by atoms with Crippen LogP contribution in [0.2, 0.25) is 0 Å². The highest BCUT2D eigenvalue weighted by Crippen LogP contribution is 2.37. The molecule has 2 aromatic carbocycles. The highest BCUT2D eigenvalue weighted by molar-refractivity contribution is 7.99. The Morgan fingerprint density at radius 1 is 0.955 bits per heavy atom. The summed E-state index contributed by atoms with van der Waals surface area (Å²) in [5.74, 6) is 1.90. The van der Waals surface area contributed by atoms with Gasteiger partial charge in [0, 0.05) is 94.3 Å². The highest BCUT2D eigenvalue weighted by atomic mass is 32.2. The Balaban J connectivity index is 1.17.